The number of nitrogens with one attached hydrogen (secondary N) is 1. The minimum atomic E-state index is -0.661. The van der Waals surface area contributed by atoms with Crippen molar-refractivity contribution in [1.82, 2.24) is 14.7 Å². The molecule has 1 aliphatic heterocycles. The first-order chi connectivity index (χ1) is 12.1. The lowest BCUT2D eigenvalue weighted by Gasteiger charge is -2.29. The summed E-state index contributed by atoms with van der Waals surface area (Å²) >= 11 is 0. The summed E-state index contributed by atoms with van der Waals surface area (Å²) in [5.41, 5.74) is 0.257. The Kier molecular flexibility index (Phi) is 3.88. The maximum Gasteiger partial charge on any atom is 0.262 e. The molecule has 26 heavy (non-hydrogen) atoms. The molecule has 0 atom stereocenters. The van der Waals surface area contributed by atoms with Gasteiger partial charge < -0.3 is 5.32 Å². The van der Waals surface area contributed by atoms with Crippen LogP contribution < -0.4 is 5.32 Å². The predicted octanol–water partition coefficient (Wildman–Crippen LogP) is 1.94. The molecule has 0 radical (unpaired) electrons. The molecular weight excluding hydrogens is 334 g/mol. The predicted molar refractivity (Wildman–Crippen MR) is 92.6 cm³/mol. The number of imide groups is 1. The SMILES string of the molecule is Cn1ncc(C#N)c1NC(=O)c1ccc2c(c1)C(=O)N(C(C)(C)C)C2=O. The minimum Gasteiger partial charge on any atom is -0.306 e. The molecule has 0 bridgehead atoms. The summed E-state index contributed by atoms with van der Waals surface area (Å²) in [6, 6.07) is 6.31. The zero-order valence-corrected chi connectivity index (χ0v) is 14.8. The molecule has 1 N–H and O–H groups in total. The van der Waals surface area contributed by atoms with Crippen molar-refractivity contribution in [2.45, 2.75) is 26.3 Å². The van der Waals surface area contributed by atoms with E-state index >= 15 is 0 Å². The van der Waals surface area contributed by atoms with Crippen LogP contribution in [0.2, 0.25) is 0 Å². The van der Waals surface area contributed by atoms with Crippen molar-refractivity contribution in [1.29, 1.82) is 5.26 Å². The second kappa shape index (κ2) is 5.81. The van der Waals surface area contributed by atoms with E-state index in [-0.39, 0.29) is 34.0 Å². The maximum atomic E-state index is 12.6. The Morgan fingerprint density at radius 2 is 1.85 bits per heavy atom. The third kappa shape index (κ3) is 2.63. The fourth-order valence-electron chi connectivity index (χ4n) is 2.84. The Balaban J connectivity index is 1.94. The second-order valence-electron chi connectivity index (χ2n) is 6.97. The van der Waals surface area contributed by atoms with E-state index in [0.717, 1.165) is 0 Å². The highest BCUT2D eigenvalue weighted by Gasteiger charge is 2.42. The highest BCUT2D eigenvalue weighted by Crippen LogP contribution is 2.30. The Bertz CT molecular complexity index is 991. The van der Waals surface area contributed by atoms with Gasteiger partial charge in [0.25, 0.3) is 17.7 Å². The number of rotatable bonds is 2. The molecule has 1 aliphatic rings. The Morgan fingerprint density at radius 3 is 2.46 bits per heavy atom. The molecule has 132 valence electrons. The average molecular weight is 351 g/mol. The molecule has 2 heterocycles. The fraction of sp³-hybridized carbons (Fsp3) is 0.278. The van der Waals surface area contributed by atoms with E-state index in [0.29, 0.717) is 0 Å². The van der Waals surface area contributed by atoms with E-state index in [1.165, 1.54) is 34.0 Å². The van der Waals surface area contributed by atoms with Gasteiger partial charge in [-0.25, -0.2) is 0 Å². The van der Waals surface area contributed by atoms with Crippen LogP contribution in [0.15, 0.2) is 24.4 Å². The number of nitrogens with zero attached hydrogens (tertiary/aromatic N) is 4. The minimum absolute atomic E-state index is 0.197. The van der Waals surface area contributed by atoms with Gasteiger partial charge in [-0.1, -0.05) is 0 Å². The molecule has 8 heteroatoms. The fourth-order valence-corrected chi connectivity index (χ4v) is 2.84. The molecule has 1 aromatic carbocycles. The average Bonchev–Trinajstić information content (AvgIpc) is 3.05. The maximum absolute atomic E-state index is 12.6. The lowest BCUT2D eigenvalue weighted by molar-refractivity contribution is 0.0507. The Labute approximate surface area is 150 Å². The van der Waals surface area contributed by atoms with Crippen molar-refractivity contribution in [3.05, 3.63) is 46.6 Å². The largest absolute Gasteiger partial charge is 0.306 e. The number of nitriles is 1. The van der Waals surface area contributed by atoms with Crippen molar-refractivity contribution in [3.8, 4) is 6.07 Å². The first-order valence-corrected chi connectivity index (χ1v) is 7.91. The summed E-state index contributed by atoms with van der Waals surface area (Å²) in [4.78, 5) is 38.8. The van der Waals surface area contributed by atoms with E-state index in [1.807, 2.05) is 6.07 Å². The second-order valence-corrected chi connectivity index (χ2v) is 6.97. The first-order valence-electron chi connectivity index (χ1n) is 7.91. The van der Waals surface area contributed by atoms with Crippen LogP contribution in [0, 0.1) is 11.3 Å². The number of carbonyl (C=O) groups is 3. The molecule has 0 saturated heterocycles. The number of benzene rings is 1. The topological polar surface area (TPSA) is 108 Å². The summed E-state index contributed by atoms with van der Waals surface area (Å²) in [6.07, 6.45) is 1.35. The number of carbonyl (C=O) groups excluding carboxylic acids is 3. The normalized spacial score (nSPS) is 13.6. The number of aromatic nitrogens is 2. The number of fused-ring (bicyclic) bond motifs is 1. The lowest BCUT2D eigenvalue weighted by Crippen LogP contribution is -2.45. The van der Waals surface area contributed by atoms with Crippen molar-refractivity contribution in [2.24, 2.45) is 7.05 Å². The quantitative estimate of drug-likeness (QED) is 0.832. The third-order valence-corrected chi connectivity index (χ3v) is 4.11. The molecule has 0 spiro atoms. The van der Waals surface area contributed by atoms with E-state index in [9.17, 15) is 14.4 Å². The van der Waals surface area contributed by atoms with Gasteiger partial charge in [-0.05, 0) is 39.0 Å². The van der Waals surface area contributed by atoms with Gasteiger partial charge in [-0.2, -0.15) is 10.4 Å². The summed E-state index contributed by atoms with van der Waals surface area (Å²) in [5.74, 6) is -1.03. The molecule has 8 nitrogen and oxygen atoms in total. The molecule has 3 rings (SSSR count). The summed E-state index contributed by atoms with van der Waals surface area (Å²) in [5, 5.41) is 15.6. The molecular formula is C18H17N5O3. The smallest absolute Gasteiger partial charge is 0.262 e. The van der Waals surface area contributed by atoms with E-state index in [2.05, 4.69) is 10.4 Å². The van der Waals surface area contributed by atoms with E-state index in [4.69, 9.17) is 5.26 Å². The standard InChI is InChI=1S/C18H17N5O3/c1-18(2,3)23-16(25)12-6-5-10(7-13(12)17(23)26)15(24)21-14-11(8-19)9-20-22(14)4/h5-7,9H,1-4H3,(H,21,24). The first kappa shape index (κ1) is 17.4. The highest BCUT2D eigenvalue weighted by molar-refractivity contribution is 6.22. The van der Waals surface area contributed by atoms with Gasteiger partial charge in [0.2, 0.25) is 0 Å². The van der Waals surface area contributed by atoms with Gasteiger partial charge in [-0.3, -0.25) is 24.0 Å². The van der Waals surface area contributed by atoms with Gasteiger partial charge in [0.1, 0.15) is 17.5 Å². The van der Waals surface area contributed by atoms with Gasteiger partial charge in [0, 0.05) is 18.2 Å². The monoisotopic (exact) mass is 351 g/mol. The molecule has 1 aromatic heterocycles. The van der Waals surface area contributed by atoms with Gasteiger partial charge in [0.15, 0.2) is 0 Å². The molecule has 0 saturated carbocycles. The molecule has 2 aromatic rings. The van der Waals surface area contributed by atoms with Crippen LogP contribution in [0.1, 0.15) is 57.4 Å². The van der Waals surface area contributed by atoms with E-state index in [1.54, 1.807) is 27.8 Å². The van der Waals surface area contributed by atoms with Crippen LogP contribution >= 0.6 is 0 Å². The molecule has 3 amide bonds. The molecule has 0 aliphatic carbocycles. The number of amides is 3. The van der Waals surface area contributed by atoms with Crippen LogP contribution in [0.4, 0.5) is 5.82 Å². The van der Waals surface area contributed by atoms with Gasteiger partial charge >= 0.3 is 0 Å². The van der Waals surface area contributed by atoms with Crippen molar-refractivity contribution < 1.29 is 14.4 Å². The molecule has 0 unspecified atom stereocenters. The number of aryl methyl sites for hydroxylation is 1. The Hall–Kier alpha value is -3.47. The number of anilines is 1. The third-order valence-electron chi connectivity index (χ3n) is 4.11. The number of hydrogen-bond acceptors (Lipinski definition) is 5. The van der Waals surface area contributed by atoms with Crippen molar-refractivity contribution in [2.75, 3.05) is 5.32 Å². The molecule has 0 fully saturated rings. The number of hydrogen-bond donors (Lipinski definition) is 1. The van der Waals surface area contributed by atoms with Crippen LogP contribution in [0.5, 0.6) is 0 Å². The van der Waals surface area contributed by atoms with Crippen LogP contribution in [-0.4, -0.2) is 37.9 Å². The van der Waals surface area contributed by atoms with E-state index < -0.39 is 17.4 Å². The summed E-state index contributed by atoms with van der Waals surface area (Å²) in [6.45, 7) is 5.32. The van der Waals surface area contributed by atoms with Crippen molar-refractivity contribution >= 4 is 23.5 Å². The van der Waals surface area contributed by atoms with Crippen LogP contribution in [-0.2, 0) is 7.05 Å². The Morgan fingerprint density at radius 1 is 1.19 bits per heavy atom. The summed E-state index contributed by atoms with van der Waals surface area (Å²) < 4.78 is 1.37. The van der Waals surface area contributed by atoms with Crippen LogP contribution in [0.3, 0.4) is 0 Å². The highest BCUT2D eigenvalue weighted by atomic mass is 16.2. The zero-order chi connectivity index (χ0) is 19.2. The van der Waals surface area contributed by atoms with Crippen molar-refractivity contribution in [3.63, 3.8) is 0 Å². The van der Waals surface area contributed by atoms with Gasteiger partial charge in [-0.15, -0.1) is 0 Å². The zero-order valence-electron chi connectivity index (χ0n) is 14.8. The van der Waals surface area contributed by atoms with Gasteiger partial charge in [0.05, 0.1) is 17.3 Å². The van der Waals surface area contributed by atoms with Crippen LogP contribution in [0.25, 0.3) is 0 Å². The summed E-state index contributed by atoms with van der Waals surface area (Å²) in [7, 11) is 1.60. The lowest BCUT2D eigenvalue weighted by atomic mass is 10.1.